The summed E-state index contributed by atoms with van der Waals surface area (Å²) in [6.45, 7) is 0. The summed E-state index contributed by atoms with van der Waals surface area (Å²) in [5.41, 5.74) is 13.0. The van der Waals surface area contributed by atoms with Crippen LogP contribution in [-0.4, -0.2) is 0 Å². The number of fused-ring (bicyclic) bond motifs is 10. The third-order valence-corrected chi connectivity index (χ3v) is 11.7. The molecule has 2 heterocycles. The van der Waals surface area contributed by atoms with E-state index in [1.807, 2.05) is 18.2 Å². The Labute approximate surface area is 322 Å². The molecule has 0 aliphatic rings. The predicted molar refractivity (Wildman–Crippen MR) is 235 cm³/mol. The minimum atomic E-state index is 0.798. The summed E-state index contributed by atoms with van der Waals surface area (Å²) >= 11 is 0. The maximum absolute atomic E-state index is 6.40. The molecule has 0 saturated carbocycles. The van der Waals surface area contributed by atoms with Crippen molar-refractivity contribution < 1.29 is 8.83 Å². The van der Waals surface area contributed by atoms with Gasteiger partial charge in [-0.05, 0) is 113 Å². The summed E-state index contributed by atoms with van der Waals surface area (Å²) in [5, 5.41) is 11.9. The van der Waals surface area contributed by atoms with Crippen LogP contribution in [0, 0.1) is 0 Å². The van der Waals surface area contributed by atoms with Gasteiger partial charge in [-0.15, -0.1) is 0 Å². The van der Waals surface area contributed by atoms with E-state index in [2.05, 4.69) is 176 Å². The molecule has 2 nitrogen and oxygen atoms in total. The topological polar surface area (TPSA) is 26.3 Å². The molecule has 0 N–H and O–H groups in total. The van der Waals surface area contributed by atoms with Crippen molar-refractivity contribution in [3.63, 3.8) is 0 Å². The van der Waals surface area contributed by atoms with Gasteiger partial charge in [-0.25, -0.2) is 0 Å². The van der Waals surface area contributed by atoms with Crippen LogP contribution in [0.5, 0.6) is 0 Å². The number of hydrogen-bond donors (Lipinski definition) is 0. The first kappa shape index (κ1) is 31.0. The summed E-state index contributed by atoms with van der Waals surface area (Å²) in [4.78, 5) is 0. The molecule has 2 aromatic heterocycles. The van der Waals surface area contributed by atoms with Crippen LogP contribution in [0.1, 0.15) is 0 Å². The molecule has 0 bridgehead atoms. The maximum Gasteiger partial charge on any atom is 0.178 e. The number of benzene rings is 10. The lowest BCUT2D eigenvalue weighted by Gasteiger charge is -2.18. The second kappa shape index (κ2) is 12.0. The van der Waals surface area contributed by atoms with Crippen LogP contribution >= 0.6 is 0 Å². The normalized spacial score (nSPS) is 11.9. The van der Waals surface area contributed by atoms with Gasteiger partial charge in [-0.3, -0.25) is 0 Å². The van der Waals surface area contributed by atoms with E-state index in [-0.39, 0.29) is 0 Å². The maximum atomic E-state index is 6.40. The second-order valence-electron chi connectivity index (χ2n) is 14.8. The van der Waals surface area contributed by atoms with Crippen molar-refractivity contribution in [3.8, 4) is 44.5 Å². The minimum Gasteiger partial charge on any atom is -0.452 e. The first-order valence-corrected chi connectivity index (χ1v) is 19.2. The van der Waals surface area contributed by atoms with Crippen molar-refractivity contribution in [2.75, 3.05) is 0 Å². The average molecular weight is 713 g/mol. The molecule has 12 rings (SSSR count). The van der Waals surface area contributed by atoms with Crippen LogP contribution in [0.4, 0.5) is 0 Å². The quantitative estimate of drug-likeness (QED) is 0.170. The van der Waals surface area contributed by atoms with Crippen LogP contribution in [0.2, 0.25) is 0 Å². The molecule has 56 heavy (non-hydrogen) atoms. The number of hydrogen-bond acceptors (Lipinski definition) is 2. The Kier molecular flexibility index (Phi) is 6.66. The van der Waals surface area contributed by atoms with Gasteiger partial charge < -0.3 is 8.83 Å². The number of furan rings is 2. The average Bonchev–Trinajstić information content (AvgIpc) is 3.84. The van der Waals surface area contributed by atoms with Crippen molar-refractivity contribution in [2.24, 2.45) is 0 Å². The summed E-state index contributed by atoms with van der Waals surface area (Å²) < 4.78 is 12.7. The second-order valence-corrected chi connectivity index (χ2v) is 14.8. The van der Waals surface area contributed by atoms with Gasteiger partial charge in [-0.1, -0.05) is 158 Å². The van der Waals surface area contributed by atoms with E-state index in [0.717, 1.165) is 55.0 Å². The van der Waals surface area contributed by atoms with E-state index in [0.29, 0.717) is 0 Å². The summed E-state index contributed by atoms with van der Waals surface area (Å²) in [7, 11) is 0. The molecule has 0 spiro atoms. The molecule has 0 atom stereocenters. The lowest BCUT2D eigenvalue weighted by Crippen LogP contribution is -1.91. The third kappa shape index (κ3) is 4.69. The molecule has 0 radical (unpaired) electrons. The molecule has 0 aliphatic heterocycles. The van der Waals surface area contributed by atoms with Gasteiger partial charge in [0.2, 0.25) is 0 Å². The van der Waals surface area contributed by atoms with Crippen LogP contribution in [-0.2, 0) is 0 Å². The molecular formula is C54H32O2. The van der Waals surface area contributed by atoms with Gasteiger partial charge in [-0.2, -0.15) is 0 Å². The minimum absolute atomic E-state index is 0.798. The molecule has 12 aromatic rings. The fourth-order valence-electron chi connectivity index (χ4n) is 8.98. The lowest BCUT2D eigenvalue weighted by atomic mass is 9.85. The van der Waals surface area contributed by atoms with Crippen LogP contribution in [0.3, 0.4) is 0 Å². The van der Waals surface area contributed by atoms with E-state index in [9.17, 15) is 0 Å². The largest absolute Gasteiger partial charge is 0.452 e. The van der Waals surface area contributed by atoms with Crippen molar-refractivity contribution >= 4 is 76.2 Å². The smallest absolute Gasteiger partial charge is 0.178 e. The van der Waals surface area contributed by atoms with Crippen molar-refractivity contribution in [3.05, 3.63) is 194 Å². The van der Waals surface area contributed by atoms with Gasteiger partial charge in [0.1, 0.15) is 11.2 Å². The fraction of sp³-hybridized carbons (Fsp3) is 0. The zero-order valence-electron chi connectivity index (χ0n) is 30.3. The number of rotatable bonds is 4. The Morgan fingerprint density at radius 1 is 0.232 bits per heavy atom. The van der Waals surface area contributed by atoms with Crippen LogP contribution in [0.25, 0.3) is 121 Å². The molecule has 2 heteroatoms. The van der Waals surface area contributed by atoms with E-state index < -0.39 is 0 Å². The van der Waals surface area contributed by atoms with Crippen LogP contribution in [0.15, 0.2) is 203 Å². The molecule has 260 valence electrons. The molecular weight excluding hydrogens is 681 g/mol. The molecule has 10 aromatic carbocycles. The zero-order valence-corrected chi connectivity index (χ0v) is 30.3. The predicted octanol–water partition coefficient (Wildman–Crippen LogP) is 15.6. The number of para-hydroxylation sites is 1. The van der Waals surface area contributed by atoms with Crippen LogP contribution < -0.4 is 0 Å². The van der Waals surface area contributed by atoms with Crippen molar-refractivity contribution in [1.29, 1.82) is 0 Å². The van der Waals surface area contributed by atoms with Gasteiger partial charge in [0.15, 0.2) is 11.2 Å². The Morgan fingerprint density at radius 2 is 0.661 bits per heavy atom. The standard InChI is InChI=1S/C54H32O2/c1-2-10-38-31-40(26-23-33(38)9-1)52-44-14-5-3-12-42(44)51(43-13-4-6-15-45(43)52)37-24-21-35(22-25-37)34-17-19-36(20-18-34)39-27-30-50-48(32-39)47-29-28-46-41-11-7-8-16-49(41)55-53(46)54(47)56-50/h1-32H. The third-order valence-electron chi connectivity index (χ3n) is 11.7. The Hall–Kier alpha value is -7.42. The van der Waals surface area contributed by atoms with E-state index in [1.165, 1.54) is 65.7 Å². The summed E-state index contributed by atoms with van der Waals surface area (Å²) in [5.74, 6) is 0. The van der Waals surface area contributed by atoms with Gasteiger partial charge in [0.05, 0.1) is 0 Å². The van der Waals surface area contributed by atoms with E-state index in [4.69, 9.17) is 8.83 Å². The van der Waals surface area contributed by atoms with Gasteiger partial charge >= 0.3 is 0 Å². The van der Waals surface area contributed by atoms with Crippen molar-refractivity contribution in [2.45, 2.75) is 0 Å². The lowest BCUT2D eigenvalue weighted by molar-refractivity contribution is 0.633. The Bertz CT molecular complexity index is 3450. The first-order chi connectivity index (χ1) is 27.7. The van der Waals surface area contributed by atoms with E-state index >= 15 is 0 Å². The first-order valence-electron chi connectivity index (χ1n) is 19.2. The SMILES string of the molecule is c1ccc2cc(-c3c4ccccc4c(-c4ccc(-c5ccc(-c6ccc7oc8c(ccc9c%10ccccc%10oc98)c7c6)cc5)cc4)c4ccccc34)ccc2c1. The highest BCUT2D eigenvalue weighted by atomic mass is 16.4. The highest BCUT2D eigenvalue weighted by molar-refractivity contribution is 6.22. The molecule has 0 amide bonds. The highest BCUT2D eigenvalue weighted by Crippen LogP contribution is 2.45. The van der Waals surface area contributed by atoms with Gasteiger partial charge in [0, 0.05) is 21.5 Å². The summed E-state index contributed by atoms with van der Waals surface area (Å²) in [6.07, 6.45) is 0. The van der Waals surface area contributed by atoms with Gasteiger partial charge in [0.25, 0.3) is 0 Å². The monoisotopic (exact) mass is 712 g/mol. The van der Waals surface area contributed by atoms with Crippen molar-refractivity contribution in [1.82, 2.24) is 0 Å². The Balaban J connectivity index is 0.903. The summed E-state index contributed by atoms with van der Waals surface area (Å²) in [6, 6.07) is 70.1. The van der Waals surface area contributed by atoms with E-state index in [1.54, 1.807) is 0 Å². The molecule has 0 unspecified atom stereocenters. The fourth-order valence-corrected chi connectivity index (χ4v) is 8.98. The highest BCUT2D eigenvalue weighted by Gasteiger charge is 2.18. The molecule has 0 aliphatic carbocycles. The zero-order chi connectivity index (χ0) is 36.7. The molecule has 0 fully saturated rings. The Morgan fingerprint density at radius 3 is 1.29 bits per heavy atom. The molecule has 0 saturated heterocycles.